The highest BCUT2D eigenvalue weighted by molar-refractivity contribution is 7.07. The number of carboxylic acid groups (broad SMARTS) is 1. The van der Waals surface area contributed by atoms with Gasteiger partial charge in [-0.05, 0) is 42.2 Å². The first-order valence-corrected chi connectivity index (χ1v) is 6.76. The Morgan fingerprint density at radius 3 is 2.94 bits per heavy atom. The molecule has 4 heteroatoms. The molecular weight excluding hydrogens is 234 g/mol. The Kier molecular flexibility index (Phi) is 3.97. The predicted octanol–water partition coefficient (Wildman–Crippen LogP) is 2.74. The molecule has 0 amide bonds. The normalized spacial score (nSPS) is 16.5. The Morgan fingerprint density at radius 1 is 1.65 bits per heavy atom. The minimum Gasteiger partial charge on any atom is -0.478 e. The summed E-state index contributed by atoms with van der Waals surface area (Å²) >= 11 is 1.71. The number of nitrogens with zero attached hydrogens (tertiary/aromatic N) is 1. The highest BCUT2D eigenvalue weighted by Gasteiger charge is 2.28. The smallest absolute Gasteiger partial charge is 0.330 e. The Balaban J connectivity index is 1.94. The van der Waals surface area contributed by atoms with Gasteiger partial charge >= 0.3 is 5.97 Å². The van der Waals surface area contributed by atoms with E-state index in [1.54, 1.807) is 18.3 Å². The first-order valence-electron chi connectivity index (χ1n) is 5.82. The van der Waals surface area contributed by atoms with Crippen molar-refractivity contribution in [2.75, 3.05) is 6.54 Å². The third kappa shape index (κ3) is 3.68. The zero-order chi connectivity index (χ0) is 12.3. The fourth-order valence-corrected chi connectivity index (χ4v) is 2.40. The second-order valence-corrected chi connectivity index (χ2v) is 5.26. The summed E-state index contributed by atoms with van der Waals surface area (Å²) in [6.07, 6.45) is 4.29. The minimum atomic E-state index is -0.823. The van der Waals surface area contributed by atoms with Crippen LogP contribution in [0.15, 0.2) is 28.5 Å². The largest absolute Gasteiger partial charge is 0.478 e. The van der Waals surface area contributed by atoms with E-state index in [-0.39, 0.29) is 0 Å². The molecule has 1 aliphatic rings. The third-order valence-corrected chi connectivity index (χ3v) is 3.73. The zero-order valence-corrected chi connectivity index (χ0v) is 10.7. The SMILES string of the molecule is CC(=CCN(Cc1ccsc1)C1CC1)C(=O)O. The van der Waals surface area contributed by atoms with Gasteiger partial charge in [0.1, 0.15) is 0 Å². The van der Waals surface area contributed by atoms with Crippen LogP contribution in [0.5, 0.6) is 0 Å². The van der Waals surface area contributed by atoms with Crippen LogP contribution in [0.1, 0.15) is 25.3 Å². The van der Waals surface area contributed by atoms with Crippen molar-refractivity contribution in [1.29, 1.82) is 0 Å². The molecule has 0 atom stereocenters. The van der Waals surface area contributed by atoms with Gasteiger partial charge in [-0.3, -0.25) is 4.90 Å². The maximum absolute atomic E-state index is 10.7. The van der Waals surface area contributed by atoms with Gasteiger partial charge < -0.3 is 5.11 Å². The Hall–Kier alpha value is -1.13. The summed E-state index contributed by atoms with van der Waals surface area (Å²) in [4.78, 5) is 13.1. The lowest BCUT2D eigenvalue weighted by Gasteiger charge is -2.19. The van der Waals surface area contributed by atoms with E-state index in [9.17, 15) is 4.79 Å². The average Bonchev–Trinajstić information content (AvgIpc) is 3.02. The quantitative estimate of drug-likeness (QED) is 0.790. The molecule has 1 saturated carbocycles. The maximum Gasteiger partial charge on any atom is 0.330 e. The van der Waals surface area contributed by atoms with Crippen molar-refractivity contribution in [2.45, 2.75) is 32.4 Å². The van der Waals surface area contributed by atoms with Gasteiger partial charge in [-0.15, -0.1) is 0 Å². The second-order valence-electron chi connectivity index (χ2n) is 4.48. The molecule has 17 heavy (non-hydrogen) atoms. The molecule has 0 aliphatic heterocycles. The fraction of sp³-hybridized carbons (Fsp3) is 0.462. The Morgan fingerprint density at radius 2 is 2.41 bits per heavy atom. The van der Waals surface area contributed by atoms with Crippen LogP contribution in [-0.4, -0.2) is 28.6 Å². The number of carboxylic acids is 1. The first-order chi connectivity index (χ1) is 8.16. The average molecular weight is 251 g/mol. The first kappa shape index (κ1) is 12.3. The van der Waals surface area contributed by atoms with Crippen LogP contribution in [0.4, 0.5) is 0 Å². The van der Waals surface area contributed by atoms with Crippen LogP contribution >= 0.6 is 11.3 Å². The Bertz CT molecular complexity index is 407. The van der Waals surface area contributed by atoms with Crippen molar-refractivity contribution in [3.05, 3.63) is 34.0 Å². The molecule has 3 nitrogen and oxygen atoms in total. The van der Waals surface area contributed by atoms with Crippen LogP contribution in [-0.2, 0) is 11.3 Å². The molecule has 1 fully saturated rings. The van der Waals surface area contributed by atoms with Crippen molar-refractivity contribution in [3.63, 3.8) is 0 Å². The fourth-order valence-electron chi connectivity index (χ4n) is 1.74. The van der Waals surface area contributed by atoms with Gasteiger partial charge in [0, 0.05) is 24.7 Å². The molecule has 0 unspecified atom stereocenters. The van der Waals surface area contributed by atoms with Crippen molar-refractivity contribution in [1.82, 2.24) is 4.90 Å². The van der Waals surface area contributed by atoms with Gasteiger partial charge in [0.05, 0.1) is 0 Å². The lowest BCUT2D eigenvalue weighted by Crippen LogP contribution is -2.25. The summed E-state index contributed by atoms with van der Waals surface area (Å²) in [6.45, 7) is 3.31. The van der Waals surface area contributed by atoms with Crippen molar-refractivity contribution in [3.8, 4) is 0 Å². The molecule has 0 bridgehead atoms. The van der Waals surface area contributed by atoms with E-state index in [2.05, 4.69) is 21.7 Å². The summed E-state index contributed by atoms with van der Waals surface area (Å²) in [5, 5.41) is 13.1. The van der Waals surface area contributed by atoms with Crippen molar-refractivity contribution in [2.24, 2.45) is 0 Å². The van der Waals surface area contributed by atoms with Crippen LogP contribution in [0.25, 0.3) is 0 Å². The van der Waals surface area contributed by atoms with Gasteiger partial charge in [0.25, 0.3) is 0 Å². The van der Waals surface area contributed by atoms with Gasteiger partial charge in [-0.2, -0.15) is 11.3 Å². The highest BCUT2D eigenvalue weighted by atomic mass is 32.1. The van der Waals surface area contributed by atoms with Crippen LogP contribution in [0.2, 0.25) is 0 Å². The van der Waals surface area contributed by atoms with Gasteiger partial charge in [0.15, 0.2) is 0 Å². The topological polar surface area (TPSA) is 40.5 Å². The molecular formula is C13H17NO2S. The van der Waals surface area contributed by atoms with Crippen LogP contribution in [0.3, 0.4) is 0 Å². The lowest BCUT2D eigenvalue weighted by atomic mass is 10.2. The number of aliphatic carboxylic acids is 1. The molecule has 1 heterocycles. The van der Waals surface area contributed by atoms with E-state index in [0.29, 0.717) is 11.6 Å². The van der Waals surface area contributed by atoms with Gasteiger partial charge in [-0.25, -0.2) is 4.79 Å². The molecule has 1 N–H and O–H groups in total. The number of carbonyl (C=O) groups is 1. The van der Waals surface area contributed by atoms with Crippen molar-refractivity contribution >= 4 is 17.3 Å². The second kappa shape index (κ2) is 5.47. The van der Waals surface area contributed by atoms with E-state index < -0.39 is 5.97 Å². The highest BCUT2D eigenvalue weighted by Crippen LogP contribution is 2.28. The number of hydrogen-bond donors (Lipinski definition) is 1. The molecule has 0 aromatic carbocycles. The monoisotopic (exact) mass is 251 g/mol. The number of thiophene rings is 1. The molecule has 92 valence electrons. The zero-order valence-electron chi connectivity index (χ0n) is 9.93. The number of rotatable bonds is 6. The van der Waals surface area contributed by atoms with Gasteiger partial charge in [0.2, 0.25) is 0 Å². The Labute approximate surface area is 105 Å². The number of hydrogen-bond acceptors (Lipinski definition) is 3. The van der Waals surface area contributed by atoms with E-state index in [4.69, 9.17) is 5.11 Å². The van der Waals surface area contributed by atoms with E-state index in [0.717, 1.165) is 13.1 Å². The van der Waals surface area contributed by atoms with Crippen LogP contribution in [0, 0.1) is 0 Å². The van der Waals surface area contributed by atoms with Gasteiger partial charge in [-0.1, -0.05) is 6.08 Å². The molecule has 1 aromatic rings. The third-order valence-electron chi connectivity index (χ3n) is 3.00. The maximum atomic E-state index is 10.7. The molecule has 1 aliphatic carbocycles. The molecule has 0 spiro atoms. The molecule has 1 aromatic heterocycles. The summed E-state index contributed by atoms with van der Waals surface area (Å²) in [5.41, 5.74) is 1.75. The molecule has 0 radical (unpaired) electrons. The minimum absolute atomic E-state index is 0.431. The standard InChI is InChI=1S/C13H17NO2S/c1-10(13(15)16)4-6-14(12-2-3-12)8-11-5-7-17-9-11/h4-5,7,9,12H,2-3,6,8H2,1H3,(H,15,16). The van der Waals surface area contributed by atoms with E-state index in [1.165, 1.54) is 18.4 Å². The predicted molar refractivity (Wildman–Crippen MR) is 69.1 cm³/mol. The van der Waals surface area contributed by atoms with E-state index in [1.807, 2.05) is 6.08 Å². The summed E-state index contributed by atoms with van der Waals surface area (Å²) < 4.78 is 0. The lowest BCUT2D eigenvalue weighted by molar-refractivity contribution is -0.132. The van der Waals surface area contributed by atoms with Crippen LogP contribution < -0.4 is 0 Å². The molecule has 2 rings (SSSR count). The van der Waals surface area contributed by atoms with E-state index >= 15 is 0 Å². The summed E-state index contributed by atoms with van der Waals surface area (Å²) in [5.74, 6) is -0.823. The van der Waals surface area contributed by atoms with Crippen molar-refractivity contribution < 1.29 is 9.90 Å². The summed E-state index contributed by atoms with van der Waals surface area (Å²) in [6, 6.07) is 2.78. The summed E-state index contributed by atoms with van der Waals surface area (Å²) in [7, 11) is 0. The molecule has 0 saturated heterocycles.